The third kappa shape index (κ3) is 1.33. The molecule has 1 aliphatic heterocycles. The molecule has 0 saturated heterocycles. The Morgan fingerprint density at radius 2 is 1.89 bits per heavy atom. The van der Waals surface area contributed by atoms with Gasteiger partial charge in [-0.2, -0.15) is 5.26 Å². The largest absolute Gasteiger partial charge is 0.265 e. The molecule has 1 aliphatic rings. The number of nitrogens with zero attached hydrogens (tertiary/aromatic N) is 2. The highest BCUT2D eigenvalue weighted by Crippen LogP contribution is 2.41. The maximum absolute atomic E-state index is 12.4. The van der Waals surface area contributed by atoms with Gasteiger partial charge in [-0.25, -0.2) is 8.42 Å². The summed E-state index contributed by atoms with van der Waals surface area (Å²) in [4.78, 5) is 0.341. The number of benzene rings is 2. The van der Waals surface area contributed by atoms with E-state index < -0.39 is 10.0 Å². The molecule has 0 amide bonds. The lowest BCUT2D eigenvalue weighted by Gasteiger charge is -2.16. The zero-order chi connectivity index (χ0) is 12.8. The van der Waals surface area contributed by atoms with Crippen molar-refractivity contribution in [1.82, 2.24) is 0 Å². The Bertz CT molecular complexity index is 770. The highest BCUT2D eigenvalue weighted by Gasteiger charge is 2.34. The first-order chi connectivity index (χ1) is 8.66. The third-order valence-electron chi connectivity index (χ3n) is 3.11. The Hall–Kier alpha value is -2.06. The van der Waals surface area contributed by atoms with E-state index in [9.17, 15) is 8.42 Å². The van der Waals surface area contributed by atoms with E-state index in [0.29, 0.717) is 10.6 Å². The van der Waals surface area contributed by atoms with Gasteiger partial charge in [0.05, 0.1) is 23.1 Å². The summed E-state index contributed by atoms with van der Waals surface area (Å²) >= 11 is 0. The Labute approximate surface area is 105 Å². The maximum atomic E-state index is 12.4. The van der Waals surface area contributed by atoms with Crippen LogP contribution < -0.4 is 4.31 Å². The van der Waals surface area contributed by atoms with E-state index in [-0.39, 0.29) is 13.0 Å². The smallest absolute Gasteiger partial charge is 0.265 e. The van der Waals surface area contributed by atoms with E-state index in [1.807, 2.05) is 24.3 Å². The molecule has 18 heavy (non-hydrogen) atoms. The van der Waals surface area contributed by atoms with E-state index in [4.69, 9.17) is 5.26 Å². The van der Waals surface area contributed by atoms with Crippen molar-refractivity contribution in [1.29, 1.82) is 5.26 Å². The first-order valence-corrected chi connectivity index (χ1v) is 7.02. The number of hydrogen-bond donors (Lipinski definition) is 0. The number of nitriles is 1. The molecule has 4 nitrogen and oxygen atoms in total. The molecule has 0 radical (unpaired) electrons. The van der Waals surface area contributed by atoms with Gasteiger partial charge in [-0.15, -0.1) is 0 Å². The number of anilines is 1. The zero-order valence-electron chi connectivity index (χ0n) is 9.50. The lowest BCUT2D eigenvalue weighted by Crippen LogP contribution is -2.27. The minimum atomic E-state index is -3.49. The van der Waals surface area contributed by atoms with Gasteiger partial charge in [0.2, 0.25) is 0 Å². The molecule has 0 fully saturated rings. The topological polar surface area (TPSA) is 61.2 Å². The van der Waals surface area contributed by atoms with Gasteiger partial charge in [-0.1, -0.05) is 24.3 Å². The molecule has 0 aromatic heterocycles. The van der Waals surface area contributed by atoms with Crippen molar-refractivity contribution in [2.45, 2.75) is 11.3 Å². The van der Waals surface area contributed by atoms with Crippen molar-refractivity contribution in [3.8, 4) is 6.07 Å². The summed E-state index contributed by atoms with van der Waals surface area (Å²) in [5, 5.41) is 10.3. The molecular formula is C13H10N2O2S. The average Bonchev–Trinajstić information content (AvgIpc) is 2.59. The zero-order valence-corrected chi connectivity index (χ0v) is 10.3. The molecule has 0 N–H and O–H groups in total. The Balaban J connectivity index is 2.31. The fraction of sp³-hybridized carbons (Fsp3) is 0.154. The van der Waals surface area contributed by atoms with E-state index in [1.165, 1.54) is 4.31 Å². The van der Waals surface area contributed by atoms with Crippen LogP contribution in [0.25, 0.3) is 10.8 Å². The molecule has 0 unspecified atom stereocenters. The lowest BCUT2D eigenvalue weighted by molar-refractivity contribution is 0.594. The van der Waals surface area contributed by atoms with Crippen LogP contribution >= 0.6 is 0 Å². The average molecular weight is 258 g/mol. The summed E-state index contributed by atoms with van der Waals surface area (Å²) < 4.78 is 26.1. The van der Waals surface area contributed by atoms with Crippen molar-refractivity contribution in [3.63, 3.8) is 0 Å². The standard InChI is InChI=1S/C13H10N2O2S/c14-8-3-9-15-11-6-1-4-10-5-2-7-12(13(10)11)18(15,16)17/h1-2,4-7H,3,9H2. The molecule has 2 aromatic carbocycles. The third-order valence-corrected chi connectivity index (χ3v) is 4.96. The van der Waals surface area contributed by atoms with Gasteiger partial charge in [-0.05, 0) is 17.5 Å². The van der Waals surface area contributed by atoms with Gasteiger partial charge in [0, 0.05) is 11.9 Å². The van der Waals surface area contributed by atoms with Crippen LogP contribution in [0, 0.1) is 11.3 Å². The minimum Gasteiger partial charge on any atom is -0.265 e. The SMILES string of the molecule is N#CCCN1c2cccc3cccc(c23)S1(=O)=O. The number of rotatable bonds is 2. The molecular weight excluding hydrogens is 248 g/mol. The van der Waals surface area contributed by atoms with Gasteiger partial charge in [0.25, 0.3) is 10.0 Å². The lowest BCUT2D eigenvalue weighted by atomic mass is 10.1. The van der Waals surface area contributed by atoms with Gasteiger partial charge in [0.15, 0.2) is 0 Å². The quantitative estimate of drug-likeness (QED) is 0.830. The summed E-state index contributed by atoms with van der Waals surface area (Å²) in [7, 11) is -3.49. The highest BCUT2D eigenvalue weighted by atomic mass is 32.2. The second kappa shape index (κ2) is 3.72. The monoisotopic (exact) mass is 258 g/mol. The van der Waals surface area contributed by atoms with Crippen LogP contribution in [0.2, 0.25) is 0 Å². The van der Waals surface area contributed by atoms with E-state index >= 15 is 0 Å². The second-order valence-corrected chi connectivity index (χ2v) is 5.95. The molecule has 2 aromatic rings. The summed E-state index contributed by atoms with van der Waals surface area (Å²) in [6.07, 6.45) is 0.184. The van der Waals surface area contributed by atoms with E-state index in [2.05, 4.69) is 0 Å². The first-order valence-electron chi connectivity index (χ1n) is 5.58. The Kier molecular flexibility index (Phi) is 2.28. The van der Waals surface area contributed by atoms with Gasteiger partial charge in [0.1, 0.15) is 0 Å². The Morgan fingerprint density at radius 3 is 2.61 bits per heavy atom. The molecule has 0 aliphatic carbocycles. The fourth-order valence-electron chi connectivity index (χ4n) is 2.35. The Morgan fingerprint density at radius 1 is 1.17 bits per heavy atom. The number of sulfonamides is 1. The summed E-state index contributed by atoms with van der Waals surface area (Å²) in [6, 6.07) is 12.8. The number of hydrogen-bond acceptors (Lipinski definition) is 3. The highest BCUT2D eigenvalue weighted by molar-refractivity contribution is 7.93. The van der Waals surface area contributed by atoms with Crippen LogP contribution in [0.15, 0.2) is 41.3 Å². The van der Waals surface area contributed by atoms with Crippen LogP contribution in [0.1, 0.15) is 6.42 Å². The van der Waals surface area contributed by atoms with E-state index in [0.717, 1.165) is 10.8 Å². The van der Waals surface area contributed by atoms with Gasteiger partial charge >= 0.3 is 0 Å². The summed E-state index contributed by atoms with van der Waals surface area (Å²) in [5.41, 5.74) is 0.679. The van der Waals surface area contributed by atoms with Crippen LogP contribution in [-0.4, -0.2) is 15.0 Å². The summed E-state index contributed by atoms with van der Waals surface area (Å²) in [5.74, 6) is 0. The van der Waals surface area contributed by atoms with Crippen LogP contribution in [0.4, 0.5) is 5.69 Å². The van der Waals surface area contributed by atoms with Crippen molar-refractivity contribution in [2.75, 3.05) is 10.8 Å². The van der Waals surface area contributed by atoms with Crippen molar-refractivity contribution in [2.24, 2.45) is 0 Å². The van der Waals surface area contributed by atoms with Crippen molar-refractivity contribution in [3.05, 3.63) is 36.4 Å². The molecule has 1 heterocycles. The minimum absolute atomic E-state index is 0.184. The molecule has 3 rings (SSSR count). The van der Waals surface area contributed by atoms with Crippen LogP contribution in [0.5, 0.6) is 0 Å². The molecule has 0 saturated carbocycles. The molecule has 0 spiro atoms. The predicted octanol–water partition coefficient (Wildman–Crippen LogP) is 2.26. The molecule has 0 atom stereocenters. The van der Waals surface area contributed by atoms with Gasteiger partial charge in [-0.3, -0.25) is 4.31 Å². The normalized spacial score (nSPS) is 15.8. The maximum Gasteiger partial charge on any atom is 0.265 e. The molecule has 0 bridgehead atoms. The molecule has 90 valence electrons. The first kappa shape index (κ1) is 11.1. The second-order valence-electron chi connectivity index (χ2n) is 4.12. The van der Waals surface area contributed by atoms with Gasteiger partial charge < -0.3 is 0 Å². The predicted molar refractivity (Wildman–Crippen MR) is 68.7 cm³/mol. The van der Waals surface area contributed by atoms with Crippen molar-refractivity contribution >= 4 is 26.5 Å². The molecule has 5 heteroatoms. The fourth-order valence-corrected chi connectivity index (χ4v) is 4.06. The van der Waals surface area contributed by atoms with Crippen LogP contribution in [-0.2, 0) is 10.0 Å². The van der Waals surface area contributed by atoms with E-state index in [1.54, 1.807) is 18.2 Å². The summed E-state index contributed by atoms with van der Waals surface area (Å²) in [6.45, 7) is 0.201. The van der Waals surface area contributed by atoms with Crippen LogP contribution in [0.3, 0.4) is 0 Å². The van der Waals surface area contributed by atoms with Crippen molar-refractivity contribution < 1.29 is 8.42 Å².